The topological polar surface area (TPSA) is 70.0 Å². The summed E-state index contributed by atoms with van der Waals surface area (Å²) in [5.41, 5.74) is 2.87. The van der Waals surface area contributed by atoms with Gasteiger partial charge in [0.1, 0.15) is 12.0 Å². The number of hydrogen-bond donors (Lipinski definition) is 0. The fourth-order valence-corrected chi connectivity index (χ4v) is 3.41. The Balaban J connectivity index is 0.000000287. The van der Waals surface area contributed by atoms with E-state index in [1.54, 1.807) is 18.2 Å². The first-order valence-corrected chi connectivity index (χ1v) is 10.1. The summed E-state index contributed by atoms with van der Waals surface area (Å²) < 4.78 is 13.5. The molecule has 162 valence electrons. The average molecular weight is 422 g/mol. The maximum absolute atomic E-state index is 12.6. The Morgan fingerprint density at radius 2 is 1.68 bits per heavy atom. The van der Waals surface area contributed by atoms with Gasteiger partial charge < -0.3 is 14.0 Å². The first-order chi connectivity index (χ1) is 15.2. The lowest BCUT2D eigenvalue weighted by Crippen LogP contribution is -2.28. The molecule has 4 rings (SSSR count). The Morgan fingerprint density at radius 3 is 2.23 bits per heavy atom. The number of hydroxylamine groups is 2. The minimum atomic E-state index is -0.592. The second-order valence-electron chi connectivity index (χ2n) is 6.55. The molecule has 2 heterocycles. The van der Waals surface area contributed by atoms with Crippen molar-refractivity contribution in [2.45, 2.75) is 20.1 Å². The molecule has 0 fully saturated rings. The van der Waals surface area contributed by atoms with E-state index in [4.69, 9.17) is 14.3 Å². The van der Waals surface area contributed by atoms with Gasteiger partial charge in [-0.25, -0.2) is 0 Å². The number of aromatic nitrogens is 1. The van der Waals surface area contributed by atoms with E-state index in [1.165, 1.54) is 12.2 Å². The molecular formula is C24H26N2O5. The number of carbonyl (C=O) groups excluding carboxylic acids is 2. The summed E-state index contributed by atoms with van der Waals surface area (Å²) in [6.45, 7) is 4.81. The number of nitrogens with zero attached hydrogens (tertiary/aromatic N) is 2. The van der Waals surface area contributed by atoms with Crippen LogP contribution in [-0.2, 0) is 9.57 Å². The van der Waals surface area contributed by atoms with Gasteiger partial charge in [0.05, 0.1) is 25.0 Å². The lowest BCUT2D eigenvalue weighted by Gasteiger charge is -2.24. The van der Waals surface area contributed by atoms with E-state index in [-0.39, 0.29) is 5.91 Å². The predicted molar refractivity (Wildman–Crippen MR) is 116 cm³/mol. The van der Waals surface area contributed by atoms with Crippen LogP contribution in [0.15, 0.2) is 67.0 Å². The SMILES string of the molecule is CCOc1ccc2c(c1-n1cccc1)C(OCC)N(OC)C2=O.O=Cc1ccccc1. The van der Waals surface area contributed by atoms with Crippen molar-refractivity contribution in [1.29, 1.82) is 0 Å². The van der Waals surface area contributed by atoms with Crippen molar-refractivity contribution >= 4 is 12.2 Å². The zero-order valence-corrected chi connectivity index (χ0v) is 17.9. The van der Waals surface area contributed by atoms with Crippen molar-refractivity contribution < 1.29 is 23.9 Å². The number of hydrogen-bond acceptors (Lipinski definition) is 5. The lowest BCUT2D eigenvalue weighted by atomic mass is 10.1. The molecule has 0 spiro atoms. The van der Waals surface area contributed by atoms with E-state index >= 15 is 0 Å². The van der Waals surface area contributed by atoms with E-state index < -0.39 is 6.23 Å². The molecule has 0 saturated heterocycles. The Morgan fingerprint density at radius 1 is 0.968 bits per heavy atom. The van der Waals surface area contributed by atoms with Crippen LogP contribution in [0.5, 0.6) is 5.75 Å². The van der Waals surface area contributed by atoms with Gasteiger partial charge in [0.2, 0.25) is 0 Å². The molecule has 2 aromatic carbocycles. The smallest absolute Gasteiger partial charge is 0.280 e. The summed E-state index contributed by atoms with van der Waals surface area (Å²) in [6.07, 6.45) is 4.08. The minimum absolute atomic E-state index is 0.211. The van der Waals surface area contributed by atoms with Crippen LogP contribution in [0.2, 0.25) is 0 Å². The van der Waals surface area contributed by atoms with Crippen LogP contribution in [0, 0.1) is 0 Å². The van der Waals surface area contributed by atoms with E-state index in [1.807, 2.05) is 67.2 Å². The molecule has 0 saturated carbocycles. The van der Waals surface area contributed by atoms with Crippen LogP contribution in [0.3, 0.4) is 0 Å². The van der Waals surface area contributed by atoms with E-state index in [9.17, 15) is 9.59 Å². The number of amides is 1. The number of aldehydes is 1. The van der Waals surface area contributed by atoms with E-state index in [2.05, 4.69) is 0 Å². The van der Waals surface area contributed by atoms with Gasteiger partial charge in [0, 0.05) is 30.1 Å². The van der Waals surface area contributed by atoms with Gasteiger partial charge in [0.15, 0.2) is 6.23 Å². The molecular weight excluding hydrogens is 396 g/mol. The summed E-state index contributed by atoms with van der Waals surface area (Å²) in [7, 11) is 1.47. The van der Waals surface area contributed by atoms with Gasteiger partial charge in [0.25, 0.3) is 5.91 Å². The minimum Gasteiger partial charge on any atom is -0.492 e. The molecule has 0 N–H and O–H groups in total. The normalized spacial score (nSPS) is 14.6. The lowest BCUT2D eigenvalue weighted by molar-refractivity contribution is -0.197. The molecule has 1 unspecified atom stereocenters. The van der Waals surface area contributed by atoms with Gasteiger partial charge >= 0.3 is 0 Å². The predicted octanol–water partition coefficient (Wildman–Crippen LogP) is 4.43. The van der Waals surface area contributed by atoms with E-state index in [0.29, 0.717) is 24.5 Å². The molecule has 7 nitrogen and oxygen atoms in total. The average Bonchev–Trinajstić information content (AvgIpc) is 3.42. The Bertz CT molecular complexity index is 1000. The quantitative estimate of drug-likeness (QED) is 0.527. The highest BCUT2D eigenvalue weighted by Crippen LogP contribution is 2.42. The van der Waals surface area contributed by atoms with Gasteiger partial charge in [-0.2, -0.15) is 5.06 Å². The van der Waals surface area contributed by atoms with Crippen LogP contribution >= 0.6 is 0 Å². The Labute approximate surface area is 181 Å². The second kappa shape index (κ2) is 10.6. The first-order valence-electron chi connectivity index (χ1n) is 10.1. The number of fused-ring (bicyclic) bond motifs is 1. The molecule has 1 amide bonds. The zero-order chi connectivity index (χ0) is 22.2. The second-order valence-corrected chi connectivity index (χ2v) is 6.55. The molecule has 1 aromatic heterocycles. The maximum Gasteiger partial charge on any atom is 0.280 e. The molecule has 1 aliphatic heterocycles. The van der Waals surface area contributed by atoms with Crippen molar-refractivity contribution in [3.63, 3.8) is 0 Å². The van der Waals surface area contributed by atoms with Crippen molar-refractivity contribution in [1.82, 2.24) is 9.63 Å². The highest BCUT2D eigenvalue weighted by molar-refractivity contribution is 6.00. The van der Waals surface area contributed by atoms with Crippen molar-refractivity contribution in [2.24, 2.45) is 0 Å². The van der Waals surface area contributed by atoms with Crippen LogP contribution in [0.4, 0.5) is 0 Å². The largest absolute Gasteiger partial charge is 0.492 e. The molecule has 1 atom stereocenters. The molecule has 7 heteroatoms. The third-order valence-corrected chi connectivity index (χ3v) is 4.69. The van der Waals surface area contributed by atoms with Crippen LogP contribution < -0.4 is 4.74 Å². The summed E-state index contributed by atoms with van der Waals surface area (Å²) >= 11 is 0. The molecule has 1 aliphatic rings. The number of carbonyl (C=O) groups is 2. The third kappa shape index (κ3) is 4.68. The van der Waals surface area contributed by atoms with Crippen molar-refractivity contribution in [3.8, 4) is 11.4 Å². The highest BCUT2D eigenvalue weighted by Gasteiger charge is 2.41. The van der Waals surface area contributed by atoms with Crippen LogP contribution in [-0.4, -0.2) is 42.1 Å². The van der Waals surface area contributed by atoms with Crippen molar-refractivity contribution in [2.75, 3.05) is 20.3 Å². The fraction of sp³-hybridized carbons (Fsp3) is 0.250. The zero-order valence-electron chi connectivity index (χ0n) is 17.9. The van der Waals surface area contributed by atoms with Crippen LogP contribution in [0.1, 0.15) is 46.4 Å². The standard InChI is InChI=1S/C17H20N2O4.C7H6O/c1-4-22-13-9-8-12-14(15(13)18-10-6-7-11-18)17(23-5-2)19(21-3)16(12)20;8-6-7-4-2-1-3-5-7/h6-11,17H,4-5H2,1-3H3;1-6H. The van der Waals surface area contributed by atoms with Crippen molar-refractivity contribution in [3.05, 3.63) is 83.7 Å². The summed E-state index contributed by atoms with van der Waals surface area (Å²) in [4.78, 5) is 27.8. The Kier molecular flexibility index (Phi) is 7.59. The number of benzene rings is 2. The number of ether oxygens (including phenoxy) is 2. The summed E-state index contributed by atoms with van der Waals surface area (Å²) in [6, 6.07) is 16.5. The molecule has 0 bridgehead atoms. The monoisotopic (exact) mass is 422 g/mol. The van der Waals surface area contributed by atoms with Gasteiger partial charge in [-0.05, 0) is 38.1 Å². The Hall–Kier alpha value is -3.42. The molecule has 31 heavy (non-hydrogen) atoms. The van der Waals surface area contributed by atoms with E-state index in [0.717, 1.165) is 23.1 Å². The first kappa shape index (κ1) is 22.3. The van der Waals surface area contributed by atoms with Crippen LogP contribution in [0.25, 0.3) is 5.69 Å². The maximum atomic E-state index is 12.6. The fourth-order valence-electron chi connectivity index (χ4n) is 3.41. The molecule has 0 radical (unpaired) electrons. The highest BCUT2D eigenvalue weighted by atomic mass is 16.7. The van der Waals surface area contributed by atoms with Gasteiger partial charge in [-0.3, -0.25) is 14.4 Å². The number of rotatable bonds is 7. The molecule has 3 aromatic rings. The summed E-state index contributed by atoms with van der Waals surface area (Å²) in [5, 5.41) is 1.26. The van der Waals surface area contributed by atoms with Gasteiger partial charge in [-0.1, -0.05) is 30.3 Å². The molecule has 0 aliphatic carbocycles. The summed E-state index contributed by atoms with van der Waals surface area (Å²) in [5.74, 6) is 0.496. The third-order valence-electron chi connectivity index (χ3n) is 4.69. The van der Waals surface area contributed by atoms with Gasteiger partial charge in [-0.15, -0.1) is 0 Å².